The van der Waals surface area contributed by atoms with E-state index in [9.17, 15) is 4.79 Å². The molecule has 0 saturated carbocycles. The van der Waals surface area contributed by atoms with E-state index in [0.29, 0.717) is 12.4 Å². The Morgan fingerprint density at radius 3 is 3.20 bits per heavy atom. The van der Waals surface area contributed by atoms with Crippen molar-refractivity contribution in [1.82, 2.24) is 20.1 Å². The lowest BCUT2D eigenvalue weighted by Crippen LogP contribution is -2.20. The van der Waals surface area contributed by atoms with Crippen molar-refractivity contribution < 1.29 is 9.53 Å². The molecule has 0 spiro atoms. The minimum Gasteiger partial charge on any atom is -0.460 e. The summed E-state index contributed by atoms with van der Waals surface area (Å²) in [4.78, 5) is 11.5. The normalized spacial score (nSPS) is 15.5. The van der Waals surface area contributed by atoms with Crippen LogP contribution < -0.4 is 5.32 Å². The zero-order valence-electron chi connectivity index (χ0n) is 8.69. The molecule has 0 saturated heterocycles. The number of carbonyl (C=O) groups is 1. The highest BCUT2D eigenvalue weighted by atomic mass is 16.5. The molecule has 2 heterocycles. The first-order valence-electron chi connectivity index (χ1n) is 5.13. The molecule has 1 aromatic heterocycles. The highest BCUT2D eigenvalue weighted by Gasteiger charge is 2.20. The van der Waals surface area contributed by atoms with Crippen molar-refractivity contribution >= 4 is 5.97 Å². The number of ether oxygens (including phenoxy) is 1. The van der Waals surface area contributed by atoms with Gasteiger partial charge in [-0.2, -0.15) is 0 Å². The van der Waals surface area contributed by atoms with Gasteiger partial charge in [0.15, 0.2) is 0 Å². The lowest BCUT2D eigenvalue weighted by molar-refractivity contribution is 0.0505. The first-order chi connectivity index (χ1) is 7.33. The maximum Gasteiger partial charge on any atom is 0.376 e. The molecule has 6 nitrogen and oxygen atoms in total. The van der Waals surface area contributed by atoms with Crippen LogP contribution in [-0.4, -0.2) is 40.4 Å². The molecule has 0 aromatic carbocycles. The molecular weight excluding hydrogens is 196 g/mol. The minimum atomic E-state index is -0.391. The van der Waals surface area contributed by atoms with Gasteiger partial charge in [-0.05, 0) is 6.92 Å². The third-order valence-electron chi connectivity index (χ3n) is 2.32. The van der Waals surface area contributed by atoms with Crippen molar-refractivity contribution in [3.8, 4) is 0 Å². The summed E-state index contributed by atoms with van der Waals surface area (Å²) >= 11 is 0. The molecule has 0 unspecified atom stereocenters. The fraction of sp³-hybridized carbons (Fsp3) is 0.667. The molecule has 0 bridgehead atoms. The summed E-state index contributed by atoms with van der Waals surface area (Å²) in [6.45, 7) is 4.56. The number of nitrogens with one attached hydrogen (secondary N) is 1. The molecule has 6 heteroatoms. The fourth-order valence-electron chi connectivity index (χ4n) is 1.62. The van der Waals surface area contributed by atoms with E-state index in [1.54, 1.807) is 6.92 Å². The van der Waals surface area contributed by atoms with Crippen molar-refractivity contribution in [3.05, 3.63) is 11.6 Å². The summed E-state index contributed by atoms with van der Waals surface area (Å²) < 4.78 is 6.74. The number of fused-ring (bicyclic) bond motifs is 1. The van der Waals surface area contributed by atoms with Gasteiger partial charge in [0.25, 0.3) is 0 Å². The Kier molecular flexibility index (Phi) is 2.96. The Morgan fingerprint density at radius 1 is 1.53 bits per heavy atom. The Balaban J connectivity index is 2.25. The SMILES string of the molecule is CCOC(=O)c1nnc2n1CCNCC2. The Hall–Kier alpha value is -1.43. The van der Waals surface area contributed by atoms with E-state index < -0.39 is 5.97 Å². The summed E-state index contributed by atoms with van der Waals surface area (Å²) in [7, 11) is 0. The van der Waals surface area contributed by atoms with E-state index in [1.807, 2.05) is 4.57 Å². The third-order valence-corrected chi connectivity index (χ3v) is 2.32. The lowest BCUT2D eigenvalue weighted by Gasteiger charge is -2.05. The van der Waals surface area contributed by atoms with Crippen LogP contribution >= 0.6 is 0 Å². The fourth-order valence-corrected chi connectivity index (χ4v) is 1.62. The molecule has 82 valence electrons. The first kappa shape index (κ1) is 10.1. The quantitative estimate of drug-likeness (QED) is 0.673. The first-order valence-corrected chi connectivity index (χ1v) is 5.13. The molecule has 0 aliphatic carbocycles. The third kappa shape index (κ3) is 1.99. The second-order valence-corrected chi connectivity index (χ2v) is 3.31. The van der Waals surface area contributed by atoms with Gasteiger partial charge in [-0.15, -0.1) is 10.2 Å². The second kappa shape index (κ2) is 4.39. The minimum absolute atomic E-state index is 0.315. The van der Waals surface area contributed by atoms with Crippen LogP contribution in [0, 0.1) is 0 Å². The van der Waals surface area contributed by atoms with E-state index in [4.69, 9.17) is 4.74 Å². The van der Waals surface area contributed by atoms with Crippen molar-refractivity contribution in [3.63, 3.8) is 0 Å². The number of carbonyl (C=O) groups excluding carboxylic acids is 1. The van der Waals surface area contributed by atoms with Gasteiger partial charge in [0.05, 0.1) is 6.61 Å². The van der Waals surface area contributed by atoms with Crippen LogP contribution in [0.25, 0.3) is 0 Å². The summed E-state index contributed by atoms with van der Waals surface area (Å²) in [5.74, 6) is 0.775. The number of hydrogen-bond acceptors (Lipinski definition) is 5. The highest BCUT2D eigenvalue weighted by molar-refractivity contribution is 5.85. The lowest BCUT2D eigenvalue weighted by atomic mass is 10.4. The molecule has 1 aliphatic rings. The van der Waals surface area contributed by atoms with Crippen LogP contribution in [0.3, 0.4) is 0 Å². The van der Waals surface area contributed by atoms with E-state index in [1.165, 1.54) is 0 Å². The maximum atomic E-state index is 11.5. The molecule has 0 amide bonds. The summed E-state index contributed by atoms with van der Waals surface area (Å²) in [5, 5.41) is 11.1. The predicted molar refractivity (Wildman–Crippen MR) is 52.6 cm³/mol. The highest BCUT2D eigenvalue weighted by Crippen LogP contribution is 2.06. The van der Waals surface area contributed by atoms with E-state index in [2.05, 4.69) is 15.5 Å². The molecular formula is C9H14N4O2. The van der Waals surface area contributed by atoms with Gasteiger partial charge in [-0.3, -0.25) is 0 Å². The summed E-state index contributed by atoms with van der Waals surface area (Å²) in [6, 6.07) is 0. The van der Waals surface area contributed by atoms with Gasteiger partial charge in [0, 0.05) is 26.1 Å². The van der Waals surface area contributed by atoms with Gasteiger partial charge < -0.3 is 14.6 Å². The van der Waals surface area contributed by atoms with Crippen molar-refractivity contribution in [1.29, 1.82) is 0 Å². The van der Waals surface area contributed by atoms with Crippen LogP contribution in [0.2, 0.25) is 0 Å². The van der Waals surface area contributed by atoms with Gasteiger partial charge in [0.2, 0.25) is 5.82 Å². The predicted octanol–water partition coefficient (Wildman–Crippen LogP) is -0.399. The average Bonchev–Trinajstić information content (AvgIpc) is 2.48. The molecule has 0 fully saturated rings. The monoisotopic (exact) mass is 210 g/mol. The van der Waals surface area contributed by atoms with Crippen LogP contribution in [0.15, 0.2) is 0 Å². The van der Waals surface area contributed by atoms with Gasteiger partial charge in [-0.1, -0.05) is 0 Å². The zero-order valence-corrected chi connectivity index (χ0v) is 8.69. The van der Waals surface area contributed by atoms with Crippen molar-refractivity contribution in [2.24, 2.45) is 0 Å². The maximum absolute atomic E-state index is 11.5. The number of hydrogen-bond donors (Lipinski definition) is 1. The molecule has 15 heavy (non-hydrogen) atoms. The number of esters is 1. The molecule has 2 rings (SSSR count). The smallest absolute Gasteiger partial charge is 0.376 e. The summed E-state index contributed by atoms with van der Waals surface area (Å²) in [5.41, 5.74) is 0. The number of aromatic nitrogens is 3. The topological polar surface area (TPSA) is 69.0 Å². The van der Waals surface area contributed by atoms with E-state index in [0.717, 1.165) is 31.9 Å². The Bertz CT molecular complexity index is 361. The van der Waals surface area contributed by atoms with Gasteiger partial charge >= 0.3 is 5.97 Å². The zero-order chi connectivity index (χ0) is 10.7. The van der Waals surface area contributed by atoms with Crippen LogP contribution in [0.1, 0.15) is 23.4 Å². The Labute approximate surface area is 87.6 Å². The number of rotatable bonds is 2. The molecule has 1 aliphatic heterocycles. The van der Waals surface area contributed by atoms with Gasteiger partial charge in [0.1, 0.15) is 5.82 Å². The van der Waals surface area contributed by atoms with Crippen LogP contribution in [0.4, 0.5) is 0 Å². The van der Waals surface area contributed by atoms with Crippen molar-refractivity contribution in [2.75, 3.05) is 19.7 Å². The Morgan fingerprint density at radius 2 is 2.40 bits per heavy atom. The van der Waals surface area contributed by atoms with Crippen LogP contribution in [0.5, 0.6) is 0 Å². The van der Waals surface area contributed by atoms with E-state index in [-0.39, 0.29) is 0 Å². The molecule has 0 atom stereocenters. The summed E-state index contributed by atoms with van der Waals surface area (Å²) in [6.07, 6.45) is 0.798. The molecule has 1 aromatic rings. The van der Waals surface area contributed by atoms with Crippen LogP contribution in [-0.2, 0) is 17.7 Å². The molecule has 1 N–H and O–H groups in total. The number of nitrogens with zero attached hydrogens (tertiary/aromatic N) is 3. The van der Waals surface area contributed by atoms with E-state index >= 15 is 0 Å². The standard InChI is InChI=1S/C9H14N4O2/c1-2-15-9(14)8-12-11-7-3-4-10-5-6-13(7)8/h10H,2-6H2,1H3. The second-order valence-electron chi connectivity index (χ2n) is 3.31. The van der Waals surface area contributed by atoms with Gasteiger partial charge in [-0.25, -0.2) is 4.79 Å². The van der Waals surface area contributed by atoms with Crippen molar-refractivity contribution in [2.45, 2.75) is 19.9 Å². The molecule has 0 radical (unpaired) electrons. The largest absolute Gasteiger partial charge is 0.460 e. The average molecular weight is 210 g/mol.